The molecule has 1 rings (SSSR count). The van der Waals surface area contributed by atoms with Crippen molar-refractivity contribution >= 4 is 11.8 Å². The fourth-order valence-corrected chi connectivity index (χ4v) is 1.91. The van der Waals surface area contributed by atoms with Crippen LogP contribution in [0.3, 0.4) is 0 Å². The van der Waals surface area contributed by atoms with E-state index in [0.29, 0.717) is 0 Å². The largest absolute Gasteiger partial charge is 0.392 e. The maximum Gasteiger partial charge on any atom is 0.161 e. The van der Waals surface area contributed by atoms with Gasteiger partial charge in [-0.1, -0.05) is 0 Å². The van der Waals surface area contributed by atoms with Crippen LogP contribution in [-0.4, -0.2) is 49.9 Å². The second-order valence-electron chi connectivity index (χ2n) is 2.33. The second-order valence-corrected chi connectivity index (χ2v) is 3.66. The van der Waals surface area contributed by atoms with E-state index in [-0.39, 0.29) is 5.75 Å². The Morgan fingerprint density at radius 2 is 2.10 bits per heavy atom. The smallest absolute Gasteiger partial charge is 0.161 e. The van der Waals surface area contributed by atoms with Crippen molar-refractivity contribution in [2.45, 2.75) is 17.1 Å². The molecule has 0 spiro atoms. The number of aliphatic hydroxyl groups is 4. The van der Waals surface area contributed by atoms with Crippen LogP contribution in [0.15, 0.2) is 0 Å². The molecule has 0 saturated carbocycles. The Labute approximate surface area is 62.5 Å². The van der Waals surface area contributed by atoms with Crippen molar-refractivity contribution in [3.63, 3.8) is 0 Å². The van der Waals surface area contributed by atoms with Gasteiger partial charge in [-0.2, -0.15) is 0 Å². The lowest BCUT2D eigenvalue weighted by atomic mass is 10.1. The van der Waals surface area contributed by atoms with Gasteiger partial charge in [-0.3, -0.25) is 0 Å². The molecular weight excluding hydrogens is 156 g/mol. The highest BCUT2D eigenvalue weighted by atomic mass is 32.2. The molecule has 1 aliphatic heterocycles. The van der Waals surface area contributed by atoms with Crippen molar-refractivity contribution in [2.75, 3.05) is 12.4 Å². The molecule has 3 atom stereocenters. The fraction of sp³-hybridized carbons (Fsp3) is 1.00. The van der Waals surface area contributed by atoms with E-state index in [1.165, 1.54) is 0 Å². The van der Waals surface area contributed by atoms with Gasteiger partial charge in [0.15, 0.2) is 4.93 Å². The van der Waals surface area contributed by atoms with Crippen LogP contribution in [0.1, 0.15) is 0 Å². The van der Waals surface area contributed by atoms with Gasteiger partial charge in [-0.15, -0.1) is 11.8 Å². The number of rotatable bonds is 1. The molecule has 0 bridgehead atoms. The van der Waals surface area contributed by atoms with Gasteiger partial charge in [-0.25, -0.2) is 0 Å². The third kappa shape index (κ3) is 1.15. The Kier molecular flexibility index (Phi) is 2.21. The normalized spacial score (nSPS) is 48.0. The summed E-state index contributed by atoms with van der Waals surface area (Å²) in [5.74, 6) is 0.262. The van der Waals surface area contributed by atoms with E-state index < -0.39 is 23.7 Å². The molecule has 0 aromatic carbocycles. The molecular formula is C5H10O4S. The van der Waals surface area contributed by atoms with Crippen LogP contribution >= 0.6 is 11.8 Å². The van der Waals surface area contributed by atoms with Crippen LogP contribution in [0.2, 0.25) is 0 Å². The van der Waals surface area contributed by atoms with Crippen LogP contribution < -0.4 is 0 Å². The van der Waals surface area contributed by atoms with Crippen LogP contribution in [-0.2, 0) is 0 Å². The Balaban J connectivity index is 2.64. The third-order valence-corrected chi connectivity index (χ3v) is 2.94. The third-order valence-electron chi connectivity index (χ3n) is 1.56. The zero-order valence-electron chi connectivity index (χ0n) is 5.27. The minimum Gasteiger partial charge on any atom is -0.392 e. The van der Waals surface area contributed by atoms with Gasteiger partial charge in [0.1, 0.15) is 6.10 Å². The highest BCUT2D eigenvalue weighted by Crippen LogP contribution is 2.35. The minimum atomic E-state index is -1.56. The van der Waals surface area contributed by atoms with E-state index in [1.54, 1.807) is 0 Å². The SMILES string of the molecule is OCC1(O)SC[C@@H](O)[C@H]1O. The molecule has 0 aliphatic carbocycles. The van der Waals surface area contributed by atoms with Crippen LogP contribution in [0.5, 0.6) is 0 Å². The summed E-state index contributed by atoms with van der Waals surface area (Å²) in [5, 5.41) is 35.8. The lowest BCUT2D eigenvalue weighted by Crippen LogP contribution is -2.43. The maximum absolute atomic E-state index is 9.24. The number of aliphatic hydroxyl groups excluding tert-OH is 3. The van der Waals surface area contributed by atoms with Crippen molar-refractivity contribution in [1.82, 2.24) is 0 Å². The number of hydrogen-bond donors (Lipinski definition) is 4. The monoisotopic (exact) mass is 166 g/mol. The molecule has 4 nitrogen and oxygen atoms in total. The molecule has 0 amide bonds. The van der Waals surface area contributed by atoms with E-state index in [9.17, 15) is 5.11 Å². The number of hydrogen-bond acceptors (Lipinski definition) is 5. The summed E-state index contributed by atoms with van der Waals surface area (Å²) in [6, 6.07) is 0. The van der Waals surface area contributed by atoms with Crippen LogP contribution in [0.4, 0.5) is 0 Å². The molecule has 5 heteroatoms. The predicted octanol–water partition coefficient (Wildman–Crippen LogP) is -1.86. The molecule has 1 unspecified atom stereocenters. The zero-order valence-corrected chi connectivity index (χ0v) is 6.08. The Hall–Kier alpha value is 0.190. The summed E-state index contributed by atoms with van der Waals surface area (Å²) in [7, 11) is 0. The van der Waals surface area contributed by atoms with Crippen molar-refractivity contribution in [1.29, 1.82) is 0 Å². The van der Waals surface area contributed by atoms with Gasteiger partial charge in [-0.05, 0) is 0 Å². The first-order valence-electron chi connectivity index (χ1n) is 2.93. The van der Waals surface area contributed by atoms with Crippen molar-refractivity contribution in [2.24, 2.45) is 0 Å². The van der Waals surface area contributed by atoms with E-state index in [2.05, 4.69) is 0 Å². The minimum absolute atomic E-state index is 0.262. The highest BCUT2D eigenvalue weighted by Gasteiger charge is 2.46. The molecule has 60 valence electrons. The average Bonchev–Trinajstić information content (AvgIpc) is 2.19. The summed E-state index contributed by atoms with van der Waals surface area (Å²) in [6.07, 6.45) is -2.16. The van der Waals surface area contributed by atoms with E-state index in [1.807, 2.05) is 0 Å². The molecule has 0 aromatic rings. The van der Waals surface area contributed by atoms with Crippen LogP contribution in [0, 0.1) is 0 Å². The summed E-state index contributed by atoms with van der Waals surface area (Å²) < 4.78 is 0. The summed E-state index contributed by atoms with van der Waals surface area (Å²) in [4.78, 5) is -1.56. The molecule has 0 radical (unpaired) electrons. The number of thioether (sulfide) groups is 1. The summed E-state index contributed by atoms with van der Waals surface area (Å²) in [6.45, 7) is -0.532. The Morgan fingerprint density at radius 3 is 2.30 bits per heavy atom. The first kappa shape index (κ1) is 8.29. The van der Waals surface area contributed by atoms with Gasteiger partial charge in [0.05, 0.1) is 12.7 Å². The summed E-state index contributed by atoms with van der Waals surface area (Å²) >= 11 is 0.966. The quantitative estimate of drug-likeness (QED) is 0.367. The lowest BCUT2D eigenvalue weighted by Gasteiger charge is -2.23. The maximum atomic E-state index is 9.24. The molecule has 1 heterocycles. The van der Waals surface area contributed by atoms with Gasteiger partial charge >= 0.3 is 0 Å². The molecule has 4 N–H and O–H groups in total. The van der Waals surface area contributed by atoms with Crippen molar-refractivity contribution in [3.8, 4) is 0 Å². The predicted molar refractivity (Wildman–Crippen MR) is 36.5 cm³/mol. The molecule has 1 aliphatic rings. The van der Waals surface area contributed by atoms with E-state index in [4.69, 9.17) is 15.3 Å². The first-order chi connectivity index (χ1) is 4.60. The molecule has 0 aromatic heterocycles. The van der Waals surface area contributed by atoms with E-state index in [0.717, 1.165) is 11.8 Å². The standard InChI is InChI=1S/C5H10O4S/c6-2-5(9)4(8)3(7)1-10-5/h3-4,6-9H,1-2H2/t3-,4-,5?/m1/s1. The summed E-state index contributed by atoms with van der Waals surface area (Å²) in [5.41, 5.74) is 0. The van der Waals surface area contributed by atoms with Gasteiger partial charge in [0.2, 0.25) is 0 Å². The topological polar surface area (TPSA) is 80.9 Å². The van der Waals surface area contributed by atoms with Gasteiger partial charge in [0, 0.05) is 5.75 Å². The second kappa shape index (κ2) is 2.67. The molecule has 10 heavy (non-hydrogen) atoms. The van der Waals surface area contributed by atoms with Gasteiger partial charge in [0.25, 0.3) is 0 Å². The highest BCUT2D eigenvalue weighted by molar-refractivity contribution is 8.00. The van der Waals surface area contributed by atoms with Crippen molar-refractivity contribution < 1.29 is 20.4 Å². The molecule has 1 fully saturated rings. The van der Waals surface area contributed by atoms with Crippen molar-refractivity contribution in [3.05, 3.63) is 0 Å². The zero-order chi connectivity index (χ0) is 7.78. The average molecular weight is 166 g/mol. The van der Waals surface area contributed by atoms with E-state index >= 15 is 0 Å². The Bertz CT molecular complexity index is 131. The Morgan fingerprint density at radius 1 is 1.50 bits per heavy atom. The fourth-order valence-electron chi connectivity index (χ4n) is 0.846. The molecule has 1 saturated heterocycles. The van der Waals surface area contributed by atoms with Gasteiger partial charge < -0.3 is 20.4 Å². The first-order valence-corrected chi connectivity index (χ1v) is 3.92. The van der Waals surface area contributed by atoms with Crippen LogP contribution in [0.25, 0.3) is 0 Å². The lowest BCUT2D eigenvalue weighted by molar-refractivity contribution is -0.0770.